The van der Waals surface area contributed by atoms with Crippen LogP contribution in [0.15, 0.2) is 41.3 Å². The van der Waals surface area contributed by atoms with Gasteiger partial charge in [-0.3, -0.25) is 4.79 Å². The molecule has 2 atom stereocenters. The molecule has 0 bridgehead atoms. The van der Waals surface area contributed by atoms with Gasteiger partial charge < -0.3 is 14.8 Å². The van der Waals surface area contributed by atoms with Gasteiger partial charge in [-0.2, -0.15) is 0 Å². The van der Waals surface area contributed by atoms with E-state index in [0.29, 0.717) is 12.0 Å². The lowest BCUT2D eigenvalue weighted by Crippen LogP contribution is -2.43. The Kier molecular flexibility index (Phi) is 5.28. The van der Waals surface area contributed by atoms with Gasteiger partial charge in [0.2, 0.25) is 0 Å². The number of hydrogen-bond acceptors (Lipinski definition) is 3. The van der Waals surface area contributed by atoms with Crippen LogP contribution in [0.1, 0.15) is 36.0 Å². The summed E-state index contributed by atoms with van der Waals surface area (Å²) in [5, 5.41) is 3.61. The number of rotatable bonds is 4. The van der Waals surface area contributed by atoms with E-state index in [2.05, 4.69) is 48.5 Å². The Morgan fingerprint density at radius 2 is 1.84 bits per heavy atom. The monoisotopic (exact) mass is 339 g/mol. The van der Waals surface area contributed by atoms with Gasteiger partial charge in [-0.05, 0) is 49.9 Å². The molecule has 0 radical (unpaired) electrons. The van der Waals surface area contributed by atoms with Crippen LogP contribution in [0.3, 0.4) is 0 Å². The molecular weight excluding hydrogens is 310 g/mol. The predicted molar refractivity (Wildman–Crippen MR) is 105 cm³/mol. The summed E-state index contributed by atoms with van der Waals surface area (Å²) >= 11 is 0. The number of anilines is 1. The Labute approximate surface area is 150 Å². The smallest absolute Gasteiger partial charge is 0.255 e. The molecule has 2 heterocycles. The highest BCUT2D eigenvalue weighted by Gasteiger charge is 2.26. The molecule has 2 unspecified atom stereocenters. The van der Waals surface area contributed by atoms with E-state index in [-0.39, 0.29) is 5.56 Å². The first-order valence-corrected chi connectivity index (χ1v) is 9.18. The van der Waals surface area contributed by atoms with Crippen molar-refractivity contribution in [3.63, 3.8) is 0 Å². The summed E-state index contributed by atoms with van der Waals surface area (Å²) in [5.41, 5.74) is 4.63. The molecule has 0 spiro atoms. The normalized spacial score (nSPS) is 21.3. The van der Waals surface area contributed by atoms with Gasteiger partial charge in [0, 0.05) is 43.6 Å². The molecule has 3 rings (SSSR count). The number of hydrogen-bond donors (Lipinski definition) is 1. The summed E-state index contributed by atoms with van der Waals surface area (Å²) in [6.45, 7) is 6.17. The zero-order chi connectivity index (χ0) is 18.0. The van der Waals surface area contributed by atoms with Gasteiger partial charge in [-0.15, -0.1) is 0 Å². The van der Waals surface area contributed by atoms with Crippen LogP contribution in [-0.4, -0.2) is 35.6 Å². The summed E-state index contributed by atoms with van der Waals surface area (Å²) in [5.74, 6) is 0.522. The molecular formula is C21H29N3O. The van der Waals surface area contributed by atoms with Crippen molar-refractivity contribution in [1.29, 1.82) is 0 Å². The van der Waals surface area contributed by atoms with E-state index in [9.17, 15) is 4.79 Å². The Bertz CT molecular complexity index is 779. The van der Waals surface area contributed by atoms with Crippen LogP contribution < -0.4 is 10.9 Å². The maximum absolute atomic E-state index is 12.2. The molecule has 134 valence electrons. The standard InChI is InChI=1S/C21H29N3O/c1-5-16-6-8-17(9-7-16)18-12-19(14-23(3)13-18)22-20-10-11-24(4)21(25)15(20)2/h6-11,18-19,22H,5,12-14H2,1-4H3. The minimum absolute atomic E-state index is 0.0702. The second kappa shape index (κ2) is 7.44. The SMILES string of the molecule is CCc1ccc(C2CC(Nc3ccn(C)c(=O)c3C)CN(C)C2)cc1. The molecule has 1 aromatic carbocycles. The summed E-state index contributed by atoms with van der Waals surface area (Å²) in [6.07, 6.45) is 4.01. The third-order valence-electron chi connectivity index (χ3n) is 5.36. The maximum atomic E-state index is 12.2. The van der Waals surface area contributed by atoms with Gasteiger partial charge in [0.15, 0.2) is 0 Å². The zero-order valence-electron chi connectivity index (χ0n) is 15.7. The number of benzene rings is 1. The fraction of sp³-hybridized carbons (Fsp3) is 0.476. The Hall–Kier alpha value is -2.07. The van der Waals surface area contributed by atoms with Gasteiger partial charge in [-0.1, -0.05) is 31.2 Å². The van der Waals surface area contributed by atoms with Gasteiger partial charge in [0.25, 0.3) is 5.56 Å². The number of nitrogens with zero attached hydrogens (tertiary/aromatic N) is 2. The van der Waals surface area contributed by atoms with E-state index in [4.69, 9.17) is 0 Å². The second-order valence-electron chi connectivity index (χ2n) is 7.36. The van der Waals surface area contributed by atoms with Crippen molar-refractivity contribution >= 4 is 5.69 Å². The third kappa shape index (κ3) is 3.96. The molecule has 1 aromatic heterocycles. The van der Waals surface area contributed by atoms with Crippen molar-refractivity contribution in [2.24, 2.45) is 7.05 Å². The quantitative estimate of drug-likeness (QED) is 0.930. The summed E-state index contributed by atoms with van der Waals surface area (Å²) < 4.78 is 1.63. The number of pyridine rings is 1. The first-order valence-electron chi connectivity index (χ1n) is 9.18. The Balaban J connectivity index is 1.76. The van der Waals surface area contributed by atoms with Gasteiger partial charge in [0.05, 0.1) is 0 Å². The molecule has 1 aliphatic heterocycles. The number of piperidine rings is 1. The van der Waals surface area contributed by atoms with Crippen molar-refractivity contribution in [2.75, 3.05) is 25.5 Å². The molecule has 0 saturated carbocycles. The fourth-order valence-corrected chi connectivity index (χ4v) is 3.83. The first-order chi connectivity index (χ1) is 12.0. The predicted octanol–water partition coefficient (Wildman–Crippen LogP) is 3.16. The number of aryl methyl sites for hydroxylation is 2. The minimum atomic E-state index is 0.0702. The molecule has 1 fully saturated rings. The van der Waals surface area contributed by atoms with Crippen molar-refractivity contribution in [2.45, 2.75) is 38.6 Å². The van der Waals surface area contributed by atoms with Crippen LogP contribution in [0, 0.1) is 6.92 Å². The molecule has 4 heteroatoms. The van der Waals surface area contributed by atoms with E-state index in [1.165, 1.54) is 11.1 Å². The topological polar surface area (TPSA) is 37.3 Å². The van der Waals surface area contributed by atoms with E-state index in [0.717, 1.165) is 37.2 Å². The highest BCUT2D eigenvalue weighted by molar-refractivity contribution is 5.50. The molecule has 25 heavy (non-hydrogen) atoms. The summed E-state index contributed by atoms with van der Waals surface area (Å²) in [4.78, 5) is 14.5. The van der Waals surface area contributed by atoms with Gasteiger partial charge in [-0.25, -0.2) is 0 Å². The average Bonchev–Trinajstić information content (AvgIpc) is 2.62. The Morgan fingerprint density at radius 3 is 2.52 bits per heavy atom. The second-order valence-corrected chi connectivity index (χ2v) is 7.36. The van der Waals surface area contributed by atoms with E-state index in [1.807, 2.05) is 19.2 Å². The number of likely N-dealkylation sites (N-methyl/N-ethyl adjacent to an activating group) is 1. The van der Waals surface area contributed by atoms with Crippen LogP contribution in [0.4, 0.5) is 5.69 Å². The molecule has 1 saturated heterocycles. The highest BCUT2D eigenvalue weighted by Crippen LogP contribution is 2.28. The average molecular weight is 339 g/mol. The van der Waals surface area contributed by atoms with Crippen LogP contribution in [0.5, 0.6) is 0 Å². The maximum Gasteiger partial charge on any atom is 0.255 e. The molecule has 1 aliphatic rings. The molecule has 1 N–H and O–H groups in total. The molecule has 0 aliphatic carbocycles. The summed E-state index contributed by atoms with van der Waals surface area (Å²) in [6, 6.07) is 11.4. The van der Waals surface area contributed by atoms with Crippen molar-refractivity contribution < 1.29 is 0 Å². The van der Waals surface area contributed by atoms with E-state index >= 15 is 0 Å². The van der Waals surface area contributed by atoms with Crippen LogP contribution in [0.25, 0.3) is 0 Å². The van der Waals surface area contributed by atoms with Crippen molar-refractivity contribution in [3.8, 4) is 0 Å². The molecule has 0 amide bonds. The minimum Gasteiger partial charge on any atom is -0.381 e. The third-order valence-corrected chi connectivity index (χ3v) is 5.36. The lowest BCUT2D eigenvalue weighted by molar-refractivity contribution is 0.235. The molecule has 2 aromatic rings. The first kappa shape index (κ1) is 17.7. The fourth-order valence-electron chi connectivity index (χ4n) is 3.83. The van der Waals surface area contributed by atoms with Crippen LogP contribution in [-0.2, 0) is 13.5 Å². The van der Waals surface area contributed by atoms with Crippen LogP contribution >= 0.6 is 0 Å². The highest BCUT2D eigenvalue weighted by atomic mass is 16.1. The lowest BCUT2D eigenvalue weighted by atomic mass is 9.87. The zero-order valence-corrected chi connectivity index (χ0v) is 15.7. The largest absolute Gasteiger partial charge is 0.381 e. The van der Waals surface area contributed by atoms with Crippen molar-refractivity contribution in [3.05, 3.63) is 63.6 Å². The van der Waals surface area contributed by atoms with E-state index < -0.39 is 0 Å². The van der Waals surface area contributed by atoms with Gasteiger partial charge in [0.1, 0.15) is 0 Å². The lowest BCUT2D eigenvalue weighted by Gasteiger charge is -2.37. The Morgan fingerprint density at radius 1 is 1.12 bits per heavy atom. The number of aromatic nitrogens is 1. The van der Waals surface area contributed by atoms with Gasteiger partial charge >= 0.3 is 0 Å². The van der Waals surface area contributed by atoms with Crippen molar-refractivity contribution in [1.82, 2.24) is 9.47 Å². The number of nitrogens with one attached hydrogen (secondary N) is 1. The number of likely N-dealkylation sites (tertiary alicyclic amines) is 1. The van der Waals surface area contributed by atoms with E-state index in [1.54, 1.807) is 11.6 Å². The summed E-state index contributed by atoms with van der Waals surface area (Å²) in [7, 11) is 3.97. The molecule has 4 nitrogen and oxygen atoms in total. The van der Waals surface area contributed by atoms with Crippen LogP contribution in [0.2, 0.25) is 0 Å².